The summed E-state index contributed by atoms with van der Waals surface area (Å²) < 4.78 is 13.7. The van der Waals surface area contributed by atoms with Crippen molar-refractivity contribution < 1.29 is 19.1 Å². The summed E-state index contributed by atoms with van der Waals surface area (Å²) in [6.07, 6.45) is 1.50. The van der Waals surface area contributed by atoms with Gasteiger partial charge >= 0.3 is 5.97 Å². The monoisotopic (exact) mass is 472 g/mol. The first-order valence-electron chi connectivity index (χ1n) is 10.0. The van der Waals surface area contributed by atoms with Crippen molar-refractivity contribution in [2.24, 2.45) is 7.05 Å². The second-order valence-electron chi connectivity index (χ2n) is 7.79. The van der Waals surface area contributed by atoms with E-state index in [9.17, 15) is 9.90 Å². The van der Waals surface area contributed by atoms with Crippen LogP contribution in [0.1, 0.15) is 35.4 Å². The molecule has 0 saturated carbocycles. The van der Waals surface area contributed by atoms with Crippen LogP contribution in [-0.4, -0.2) is 20.9 Å². The number of nitrogens with zero attached hydrogens (tertiary/aromatic N) is 2. The third kappa shape index (κ3) is 3.96. The van der Waals surface area contributed by atoms with E-state index in [2.05, 4.69) is 5.10 Å². The molecule has 0 spiro atoms. The van der Waals surface area contributed by atoms with Gasteiger partial charge in [-0.1, -0.05) is 29.3 Å². The van der Waals surface area contributed by atoms with Crippen molar-refractivity contribution in [1.29, 1.82) is 0 Å². The molecule has 0 aliphatic carbocycles. The van der Waals surface area contributed by atoms with Gasteiger partial charge in [-0.3, -0.25) is 9.48 Å². The highest BCUT2D eigenvalue weighted by Gasteiger charge is 2.23. The summed E-state index contributed by atoms with van der Waals surface area (Å²) in [4.78, 5) is 11.6. The van der Waals surface area contributed by atoms with Gasteiger partial charge in [0.25, 0.3) is 0 Å². The van der Waals surface area contributed by atoms with Crippen molar-refractivity contribution in [3.63, 3.8) is 0 Å². The van der Waals surface area contributed by atoms with Gasteiger partial charge < -0.3 is 14.3 Å². The standard InChI is InChI=1S/C24H22Cl2N2O4/c1-12(24(29)30)19-11-32-21-9-22(31-10-15-5-6-16(25)7-20(15)26)18(8-17(19)21)23-13(2)27-28(4)14(23)3/h5-9,11-12H,10H2,1-4H3,(H,29,30). The third-order valence-corrected chi connectivity index (χ3v) is 6.31. The summed E-state index contributed by atoms with van der Waals surface area (Å²) in [5, 5.41) is 15.8. The highest BCUT2D eigenvalue weighted by Crippen LogP contribution is 2.41. The molecule has 0 saturated heterocycles. The van der Waals surface area contributed by atoms with E-state index in [0.717, 1.165) is 33.5 Å². The van der Waals surface area contributed by atoms with Crippen LogP contribution in [0.15, 0.2) is 41.0 Å². The van der Waals surface area contributed by atoms with Gasteiger partial charge in [0.05, 0.1) is 17.9 Å². The SMILES string of the molecule is Cc1nn(C)c(C)c1-c1cc2c(C(C)C(=O)O)coc2cc1OCc1ccc(Cl)cc1Cl. The van der Waals surface area contributed by atoms with E-state index in [-0.39, 0.29) is 6.61 Å². The van der Waals surface area contributed by atoms with E-state index in [0.29, 0.717) is 26.9 Å². The summed E-state index contributed by atoms with van der Waals surface area (Å²) in [6.45, 7) is 5.78. The van der Waals surface area contributed by atoms with Crippen molar-refractivity contribution in [1.82, 2.24) is 9.78 Å². The fourth-order valence-corrected chi connectivity index (χ4v) is 4.28. The van der Waals surface area contributed by atoms with Crippen LogP contribution in [0.2, 0.25) is 10.0 Å². The first-order chi connectivity index (χ1) is 15.2. The summed E-state index contributed by atoms with van der Waals surface area (Å²) in [6, 6.07) is 8.97. The number of aliphatic carboxylic acids is 1. The van der Waals surface area contributed by atoms with Gasteiger partial charge in [-0.2, -0.15) is 5.10 Å². The first-order valence-corrected chi connectivity index (χ1v) is 10.8. The lowest BCUT2D eigenvalue weighted by Crippen LogP contribution is -2.06. The molecule has 2 aromatic carbocycles. The van der Waals surface area contributed by atoms with Crippen molar-refractivity contribution >= 4 is 40.1 Å². The molecule has 4 aromatic rings. The number of fused-ring (bicyclic) bond motifs is 1. The van der Waals surface area contributed by atoms with Gasteiger partial charge in [0.2, 0.25) is 0 Å². The highest BCUT2D eigenvalue weighted by molar-refractivity contribution is 6.35. The molecular weight excluding hydrogens is 451 g/mol. The minimum atomic E-state index is -0.916. The second kappa shape index (κ2) is 8.52. The average molecular weight is 473 g/mol. The topological polar surface area (TPSA) is 77.5 Å². The Balaban J connectivity index is 1.86. The predicted molar refractivity (Wildman–Crippen MR) is 125 cm³/mol. The maximum atomic E-state index is 11.6. The number of carboxylic acids is 1. The van der Waals surface area contributed by atoms with Crippen molar-refractivity contribution in [2.75, 3.05) is 0 Å². The molecule has 8 heteroatoms. The number of furan rings is 1. The number of aryl methyl sites for hydroxylation is 2. The molecule has 1 N–H and O–H groups in total. The molecule has 6 nitrogen and oxygen atoms in total. The molecule has 2 aromatic heterocycles. The van der Waals surface area contributed by atoms with Crippen molar-refractivity contribution in [3.8, 4) is 16.9 Å². The van der Waals surface area contributed by atoms with Crippen LogP contribution >= 0.6 is 23.2 Å². The lowest BCUT2D eigenvalue weighted by atomic mass is 9.96. The summed E-state index contributed by atoms with van der Waals surface area (Å²) in [7, 11) is 1.88. The molecule has 4 rings (SSSR count). The normalized spacial score (nSPS) is 12.3. The molecule has 32 heavy (non-hydrogen) atoms. The molecule has 0 aliphatic rings. The molecule has 166 valence electrons. The Morgan fingerprint density at radius 2 is 2.00 bits per heavy atom. The van der Waals surface area contributed by atoms with Crippen LogP contribution in [0, 0.1) is 13.8 Å². The Hall–Kier alpha value is -2.96. The van der Waals surface area contributed by atoms with Gasteiger partial charge in [-0.05, 0) is 39.0 Å². The number of rotatable bonds is 6. The molecular formula is C24H22Cl2N2O4. The number of aromatic nitrogens is 2. The van der Waals surface area contributed by atoms with Crippen LogP contribution < -0.4 is 4.74 Å². The van der Waals surface area contributed by atoms with Crippen molar-refractivity contribution in [2.45, 2.75) is 33.3 Å². The number of carboxylic acid groups (broad SMARTS) is 1. The Labute approximate surface area is 195 Å². The smallest absolute Gasteiger partial charge is 0.310 e. The van der Waals surface area contributed by atoms with Gasteiger partial charge in [-0.15, -0.1) is 0 Å². The van der Waals surface area contributed by atoms with Gasteiger partial charge in [0.1, 0.15) is 17.9 Å². The van der Waals surface area contributed by atoms with Crippen LogP contribution in [0.3, 0.4) is 0 Å². The van der Waals surface area contributed by atoms with E-state index in [1.165, 1.54) is 6.26 Å². The molecule has 0 amide bonds. The Bertz CT molecular complexity index is 1340. The van der Waals surface area contributed by atoms with Crippen LogP contribution in [0.25, 0.3) is 22.1 Å². The van der Waals surface area contributed by atoms with Gasteiger partial charge in [0, 0.05) is 56.5 Å². The van der Waals surface area contributed by atoms with Crippen LogP contribution in [0.5, 0.6) is 5.75 Å². The Morgan fingerprint density at radius 1 is 1.25 bits per heavy atom. The van der Waals surface area contributed by atoms with E-state index in [1.807, 2.05) is 37.7 Å². The number of carbonyl (C=O) groups is 1. The van der Waals surface area contributed by atoms with E-state index >= 15 is 0 Å². The van der Waals surface area contributed by atoms with E-state index in [1.54, 1.807) is 25.1 Å². The summed E-state index contributed by atoms with van der Waals surface area (Å²) in [5.41, 5.74) is 5.50. The number of halogens is 2. The van der Waals surface area contributed by atoms with Gasteiger partial charge in [-0.25, -0.2) is 0 Å². The molecule has 1 atom stereocenters. The fraction of sp³-hybridized carbons (Fsp3) is 0.250. The maximum Gasteiger partial charge on any atom is 0.310 e. The van der Waals surface area contributed by atoms with E-state index in [4.69, 9.17) is 32.4 Å². The average Bonchev–Trinajstić information content (AvgIpc) is 3.25. The fourth-order valence-electron chi connectivity index (χ4n) is 3.82. The number of benzene rings is 2. The van der Waals surface area contributed by atoms with Crippen molar-refractivity contribution in [3.05, 3.63) is 69.2 Å². The molecule has 0 bridgehead atoms. The molecule has 0 radical (unpaired) electrons. The second-order valence-corrected chi connectivity index (χ2v) is 8.63. The lowest BCUT2D eigenvalue weighted by Gasteiger charge is -2.14. The Morgan fingerprint density at radius 3 is 2.62 bits per heavy atom. The number of hydrogen-bond acceptors (Lipinski definition) is 4. The lowest BCUT2D eigenvalue weighted by molar-refractivity contribution is -0.138. The largest absolute Gasteiger partial charge is 0.488 e. The zero-order chi connectivity index (χ0) is 23.2. The third-order valence-electron chi connectivity index (χ3n) is 5.72. The summed E-state index contributed by atoms with van der Waals surface area (Å²) in [5.74, 6) is -1.04. The van der Waals surface area contributed by atoms with Crippen LogP contribution in [-0.2, 0) is 18.4 Å². The van der Waals surface area contributed by atoms with Gasteiger partial charge in [0.15, 0.2) is 0 Å². The minimum absolute atomic E-state index is 0.228. The quantitative estimate of drug-likeness (QED) is 0.345. The summed E-state index contributed by atoms with van der Waals surface area (Å²) >= 11 is 12.3. The Kier molecular flexibility index (Phi) is 5.93. The van der Waals surface area contributed by atoms with Crippen LogP contribution in [0.4, 0.5) is 0 Å². The predicted octanol–water partition coefficient (Wildman–Crippen LogP) is 6.52. The molecule has 2 heterocycles. The first kappa shape index (κ1) is 22.2. The molecule has 1 unspecified atom stereocenters. The zero-order valence-electron chi connectivity index (χ0n) is 18.1. The molecule has 0 aliphatic heterocycles. The maximum absolute atomic E-state index is 11.6. The number of hydrogen-bond donors (Lipinski definition) is 1. The zero-order valence-corrected chi connectivity index (χ0v) is 19.6. The number of ether oxygens (including phenoxy) is 1. The minimum Gasteiger partial charge on any atom is -0.488 e. The molecule has 0 fully saturated rings. The van der Waals surface area contributed by atoms with E-state index < -0.39 is 11.9 Å². The highest BCUT2D eigenvalue weighted by atomic mass is 35.5.